The third kappa shape index (κ3) is 5.17. The summed E-state index contributed by atoms with van der Waals surface area (Å²) in [6.07, 6.45) is 7.98. The van der Waals surface area contributed by atoms with Gasteiger partial charge in [-0.2, -0.15) is 4.31 Å². The summed E-state index contributed by atoms with van der Waals surface area (Å²) in [7, 11) is -3.46. The van der Waals surface area contributed by atoms with E-state index < -0.39 is 10.0 Å². The largest absolute Gasteiger partial charge is 0.468 e. The lowest BCUT2D eigenvalue weighted by Gasteiger charge is -2.24. The Hall–Kier alpha value is -1.34. The molecule has 0 bridgehead atoms. The molecule has 6 nitrogen and oxygen atoms in total. The molecule has 1 heterocycles. The number of sulfonamides is 1. The molecule has 1 saturated carbocycles. The third-order valence-electron chi connectivity index (χ3n) is 3.67. The Morgan fingerprint density at radius 3 is 2.67 bits per heavy atom. The van der Waals surface area contributed by atoms with E-state index in [1.807, 2.05) is 0 Å². The Bertz CT molecular complexity index is 548. The average Bonchev–Trinajstić information content (AvgIpc) is 2.91. The number of amides is 1. The minimum absolute atomic E-state index is 0.0733. The van der Waals surface area contributed by atoms with Gasteiger partial charge in [0, 0.05) is 6.04 Å². The Kier molecular flexibility index (Phi) is 5.41. The quantitative estimate of drug-likeness (QED) is 0.863. The van der Waals surface area contributed by atoms with Gasteiger partial charge in [-0.05, 0) is 25.0 Å². The fourth-order valence-corrected chi connectivity index (χ4v) is 3.26. The molecule has 0 saturated heterocycles. The van der Waals surface area contributed by atoms with Crippen molar-refractivity contribution in [1.82, 2.24) is 9.62 Å². The first kappa shape index (κ1) is 16.0. The monoisotopic (exact) mass is 314 g/mol. The van der Waals surface area contributed by atoms with E-state index in [-0.39, 0.29) is 25.0 Å². The van der Waals surface area contributed by atoms with E-state index in [2.05, 4.69) is 5.32 Å². The molecule has 118 valence electrons. The molecule has 0 atom stereocenters. The molecule has 1 fully saturated rings. The first-order valence-corrected chi connectivity index (χ1v) is 9.07. The van der Waals surface area contributed by atoms with Crippen LogP contribution < -0.4 is 5.32 Å². The van der Waals surface area contributed by atoms with Crippen LogP contribution in [0.25, 0.3) is 0 Å². The summed E-state index contributed by atoms with van der Waals surface area (Å²) in [5, 5.41) is 2.93. The molecule has 0 aromatic carbocycles. The molecule has 1 aliphatic rings. The summed E-state index contributed by atoms with van der Waals surface area (Å²) in [4.78, 5) is 12.0. The smallest absolute Gasteiger partial charge is 0.235 e. The molecular weight excluding hydrogens is 292 g/mol. The standard InChI is InChI=1S/C14H22N2O4S/c1-21(18,19)16(10-13-8-5-9-20-13)11-14(17)15-12-6-3-2-4-7-12/h5,8-9,12H,2-4,6-7,10-11H2,1H3,(H,15,17). The maximum absolute atomic E-state index is 12.0. The molecule has 0 radical (unpaired) electrons. The molecule has 0 aliphatic heterocycles. The Morgan fingerprint density at radius 2 is 2.10 bits per heavy atom. The molecule has 1 aromatic heterocycles. The molecule has 1 amide bonds. The summed E-state index contributed by atoms with van der Waals surface area (Å²) in [5.41, 5.74) is 0. The van der Waals surface area contributed by atoms with Crippen molar-refractivity contribution in [2.75, 3.05) is 12.8 Å². The zero-order valence-corrected chi connectivity index (χ0v) is 13.1. The molecule has 7 heteroatoms. The summed E-state index contributed by atoms with van der Waals surface area (Å²) in [6.45, 7) is -0.0973. The van der Waals surface area contributed by atoms with Gasteiger partial charge in [-0.15, -0.1) is 0 Å². The van der Waals surface area contributed by atoms with Crippen molar-refractivity contribution in [3.05, 3.63) is 24.2 Å². The third-order valence-corrected chi connectivity index (χ3v) is 4.87. The van der Waals surface area contributed by atoms with Gasteiger partial charge >= 0.3 is 0 Å². The lowest BCUT2D eigenvalue weighted by atomic mass is 9.95. The van der Waals surface area contributed by atoms with Gasteiger partial charge in [-0.25, -0.2) is 8.42 Å². The zero-order chi connectivity index (χ0) is 15.3. The van der Waals surface area contributed by atoms with Crippen molar-refractivity contribution in [3.63, 3.8) is 0 Å². The Labute approximate surface area is 125 Å². The molecule has 1 aliphatic carbocycles. The Morgan fingerprint density at radius 1 is 1.38 bits per heavy atom. The number of carbonyl (C=O) groups excluding carboxylic acids is 1. The van der Waals surface area contributed by atoms with Crippen LogP contribution in [0.2, 0.25) is 0 Å². The molecular formula is C14H22N2O4S. The van der Waals surface area contributed by atoms with Gasteiger partial charge in [0.05, 0.1) is 25.6 Å². The van der Waals surface area contributed by atoms with Crippen molar-refractivity contribution in [2.45, 2.75) is 44.7 Å². The van der Waals surface area contributed by atoms with Gasteiger partial charge in [0.2, 0.25) is 15.9 Å². The summed E-state index contributed by atoms with van der Waals surface area (Å²) >= 11 is 0. The second-order valence-corrected chi connectivity index (χ2v) is 7.50. The first-order chi connectivity index (χ1) is 9.95. The maximum atomic E-state index is 12.0. The van der Waals surface area contributed by atoms with Crippen LogP contribution in [0.4, 0.5) is 0 Å². The number of furan rings is 1. The lowest BCUT2D eigenvalue weighted by molar-refractivity contribution is -0.122. The van der Waals surface area contributed by atoms with E-state index in [1.165, 1.54) is 12.7 Å². The fourth-order valence-electron chi connectivity index (χ4n) is 2.55. The minimum atomic E-state index is -3.46. The highest BCUT2D eigenvalue weighted by atomic mass is 32.2. The van der Waals surface area contributed by atoms with Crippen molar-refractivity contribution in [2.24, 2.45) is 0 Å². The van der Waals surface area contributed by atoms with Gasteiger partial charge in [-0.1, -0.05) is 19.3 Å². The van der Waals surface area contributed by atoms with Gasteiger partial charge in [-0.3, -0.25) is 4.79 Å². The minimum Gasteiger partial charge on any atom is -0.468 e. The van der Waals surface area contributed by atoms with Gasteiger partial charge in [0.25, 0.3) is 0 Å². The molecule has 0 unspecified atom stereocenters. The van der Waals surface area contributed by atoms with E-state index in [9.17, 15) is 13.2 Å². The maximum Gasteiger partial charge on any atom is 0.235 e. The lowest BCUT2D eigenvalue weighted by Crippen LogP contribution is -2.44. The number of hydrogen-bond donors (Lipinski definition) is 1. The topological polar surface area (TPSA) is 79.6 Å². The highest BCUT2D eigenvalue weighted by Gasteiger charge is 2.23. The number of nitrogens with zero attached hydrogens (tertiary/aromatic N) is 1. The van der Waals surface area contributed by atoms with Crippen molar-refractivity contribution < 1.29 is 17.6 Å². The number of carbonyl (C=O) groups is 1. The predicted molar refractivity (Wildman–Crippen MR) is 79.0 cm³/mol. The summed E-state index contributed by atoms with van der Waals surface area (Å²) in [6, 6.07) is 3.56. The fraction of sp³-hybridized carbons (Fsp3) is 0.643. The second kappa shape index (κ2) is 7.09. The van der Waals surface area contributed by atoms with Crippen LogP contribution in [0.5, 0.6) is 0 Å². The molecule has 0 spiro atoms. The van der Waals surface area contributed by atoms with E-state index in [0.717, 1.165) is 36.2 Å². The van der Waals surface area contributed by atoms with Crippen molar-refractivity contribution >= 4 is 15.9 Å². The van der Waals surface area contributed by atoms with Crippen molar-refractivity contribution in [3.8, 4) is 0 Å². The number of hydrogen-bond acceptors (Lipinski definition) is 4. The van der Waals surface area contributed by atoms with Crippen LogP contribution >= 0.6 is 0 Å². The van der Waals surface area contributed by atoms with Gasteiger partial charge in [0.1, 0.15) is 5.76 Å². The Balaban J connectivity index is 1.93. The van der Waals surface area contributed by atoms with Crippen molar-refractivity contribution in [1.29, 1.82) is 0 Å². The van der Waals surface area contributed by atoms with E-state index >= 15 is 0 Å². The van der Waals surface area contributed by atoms with E-state index in [0.29, 0.717) is 5.76 Å². The molecule has 21 heavy (non-hydrogen) atoms. The SMILES string of the molecule is CS(=O)(=O)N(CC(=O)NC1CCCCC1)Cc1ccco1. The first-order valence-electron chi connectivity index (χ1n) is 7.22. The highest BCUT2D eigenvalue weighted by Crippen LogP contribution is 2.17. The predicted octanol–water partition coefficient (Wildman–Crippen LogP) is 1.49. The van der Waals surface area contributed by atoms with Gasteiger partial charge < -0.3 is 9.73 Å². The zero-order valence-electron chi connectivity index (χ0n) is 12.2. The van der Waals surface area contributed by atoms with Crippen LogP contribution in [0.3, 0.4) is 0 Å². The second-order valence-electron chi connectivity index (χ2n) is 5.51. The van der Waals surface area contributed by atoms with Gasteiger partial charge in [0.15, 0.2) is 0 Å². The molecule has 1 N–H and O–H groups in total. The molecule has 2 rings (SSSR count). The number of rotatable bonds is 6. The van der Waals surface area contributed by atoms with Crippen LogP contribution in [0, 0.1) is 0 Å². The van der Waals surface area contributed by atoms with E-state index in [4.69, 9.17) is 4.42 Å². The van der Waals surface area contributed by atoms with Crippen LogP contribution in [0.1, 0.15) is 37.9 Å². The molecule has 1 aromatic rings. The average molecular weight is 314 g/mol. The van der Waals surface area contributed by atoms with Crippen LogP contribution in [0.15, 0.2) is 22.8 Å². The van der Waals surface area contributed by atoms with Crippen LogP contribution in [-0.4, -0.2) is 37.5 Å². The summed E-state index contributed by atoms with van der Waals surface area (Å²) < 4.78 is 29.9. The van der Waals surface area contributed by atoms with E-state index in [1.54, 1.807) is 12.1 Å². The summed E-state index contributed by atoms with van der Waals surface area (Å²) in [5.74, 6) is 0.268. The number of nitrogens with one attached hydrogen (secondary N) is 1. The highest BCUT2D eigenvalue weighted by molar-refractivity contribution is 7.88. The van der Waals surface area contributed by atoms with Crippen LogP contribution in [-0.2, 0) is 21.4 Å². The normalized spacial score (nSPS) is 17.0.